The first-order valence-electron chi connectivity index (χ1n) is 11.0. The van der Waals surface area contributed by atoms with Crippen molar-refractivity contribution in [2.24, 2.45) is 0 Å². The molecule has 33 heavy (non-hydrogen) atoms. The summed E-state index contributed by atoms with van der Waals surface area (Å²) in [5.74, 6) is 0.478. The smallest absolute Gasteiger partial charge is 0.297 e. The van der Waals surface area contributed by atoms with Gasteiger partial charge in [-0.25, -0.2) is 4.98 Å². The number of carbonyl (C=O) groups is 1. The lowest BCUT2D eigenvalue weighted by Gasteiger charge is -2.22. The molecule has 0 bridgehead atoms. The highest BCUT2D eigenvalue weighted by atomic mass is 32.1. The van der Waals surface area contributed by atoms with Gasteiger partial charge in [-0.3, -0.25) is 14.5 Å². The van der Waals surface area contributed by atoms with Gasteiger partial charge in [0.15, 0.2) is 10.6 Å². The fraction of sp³-hybridized carbons (Fsp3) is 0.269. The van der Waals surface area contributed by atoms with Gasteiger partial charge in [0.05, 0.1) is 29.3 Å². The van der Waals surface area contributed by atoms with E-state index in [0.717, 1.165) is 33.9 Å². The molecule has 2 aromatic carbocycles. The van der Waals surface area contributed by atoms with Crippen LogP contribution in [0.1, 0.15) is 57.2 Å². The molecule has 0 saturated carbocycles. The normalized spacial score (nSPS) is 15.3. The molecule has 2 aromatic heterocycles. The number of carbonyl (C=O) groups excluding carboxylic acids is 1. The SMILES string of the molecule is CCCOc1ccc([C@H]2c3c(oc4ccc(C)cc4c3=O)C(=O)N2c2nc(C)c(C)s2)cc1. The van der Waals surface area contributed by atoms with E-state index in [1.165, 1.54) is 11.3 Å². The van der Waals surface area contributed by atoms with Crippen molar-refractivity contribution in [1.29, 1.82) is 0 Å². The van der Waals surface area contributed by atoms with Crippen LogP contribution in [-0.2, 0) is 0 Å². The summed E-state index contributed by atoms with van der Waals surface area (Å²) in [6.45, 7) is 8.49. The minimum Gasteiger partial charge on any atom is -0.494 e. The number of thiazole rings is 1. The van der Waals surface area contributed by atoms with E-state index in [1.54, 1.807) is 11.0 Å². The molecule has 0 radical (unpaired) electrons. The number of ether oxygens (including phenoxy) is 1. The zero-order valence-corrected chi connectivity index (χ0v) is 19.8. The first-order chi connectivity index (χ1) is 15.9. The van der Waals surface area contributed by atoms with E-state index >= 15 is 0 Å². The Labute approximate surface area is 195 Å². The summed E-state index contributed by atoms with van der Waals surface area (Å²) in [5, 5.41) is 1.03. The molecule has 5 rings (SSSR count). The number of aryl methyl sites for hydroxylation is 3. The fourth-order valence-electron chi connectivity index (χ4n) is 4.12. The van der Waals surface area contributed by atoms with E-state index in [-0.39, 0.29) is 17.1 Å². The molecule has 1 atom stereocenters. The number of amides is 1. The van der Waals surface area contributed by atoms with Crippen molar-refractivity contribution in [3.8, 4) is 5.75 Å². The van der Waals surface area contributed by atoms with Crippen molar-refractivity contribution in [2.75, 3.05) is 11.5 Å². The van der Waals surface area contributed by atoms with Gasteiger partial charge in [0.1, 0.15) is 11.3 Å². The third kappa shape index (κ3) is 3.53. The summed E-state index contributed by atoms with van der Waals surface area (Å²) in [7, 11) is 0. The quantitative estimate of drug-likeness (QED) is 0.381. The molecule has 6 nitrogen and oxygen atoms in total. The summed E-state index contributed by atoms with van der Waals surface area (Å²) < 4.78 is 11.7. The van der Waals surface area contributed by atoms with Crippen LogP contribution in [0.2, 0.25) is 0 Å². The number of nitrogens with zero attached hydrogens (tertiary/aromatic N) is 2. The van der Waals surface area contributed by atoms with Crippen molar-refractivity contribution >= 4 is 33.3 Å². The van der Waals surface area contributed by atoms with E-state index in [0.29, 0.717) is 28.3 Å². The van der Waals surface area contributed by atoms with E-state index in [9.17, 15) is 9.59 Å². The van der Waals surface area contributed by atoms with Crippen molar-refractivity contribution < 1.29 is 13.9 Å². The number of fused-ring (bicyclic) bond motifs is 2. The zero-order chi connectivity index (χ0) is 23.3. The highest BCUT2D eigenvalue weighted by Gasteiger charge is 2.45. The van der Waals surface area contributed by atoms with Crippen LogP contribution in [0.15, 0.2) is 51.7 Å². The minimum absolute atomic E-state index is 0.0816. The Bertz CT molecular complexity index is 1420. The Morgan fingerprint density at radius 1 is 1.09 bits per heavy atom. The van der Waals surface area contributed by atoms with Gasteiger partial charge in [-0.1, -0.05) is 30.7 Å². The van der Waals surface area contributed by atoms with E-state index < -0.39 is 6.04 Å². The van der Waals surface area contributed by atoms with Crippen LogP contribution < -0.4 is 15.1 Å². The van der Waals surface area contributed by atoms with Crippen molar-refractivity contribution in [2.45, 2.75) is 40.2 Å². The third-order valence-corrected chi connectivity index (χ3v) is 6.99. The van der Waals surface area contributed by atoms with Gasteiger partial charge in [-0.2, -0.15) is 0 Å². The van der Waals surface area contributed by atoms with Gasteiger partial charge >= 0.3 is 0 Å². The lowest BCUT2D eigenvalue weighted by atomic mass is 9.98. The van der Waals surface area contributed by atoms with E-state index in [2.05, 4.69) is 11.9 Å². The third-order valence-electron chi connectivity index (χ3n) is 5.92. The molecule has 0 N–H and O–H groups in total. The Morgan fingerprint density at radius 2 is 1.85 bits per heavy atom. The number of anilines is 1. The van der Waals surface area contributed by atoms with Crippen LogP contribution in [-0.4, -0.2) is 17.5 Å². The number of aromatic nitrogens is 1. The molecule has 0 spiro atoms. The molecule has 4 aromatic rings. The topological polar surface area (TPSA) is 72.6 Å². The number of rotatable bonds is 5. The van der Waals surface area contributed by atoms with Gasteiger partial charge in [-0.05, 0) is 57.0 Å². The summed E-state index contributed by atoms with van der Waals surface area (Å²) in [6.07, 6.45) is 0.913. The molecule has 0 unspecified atom stereocenters. The minimum atomic E-state index is -0.626. The summed E-state index contributed by atoms with van der Waals surface area (Å²) in [5.41, 5.74) is 3.19. The average molecular weight is 461 g/mol. The van der Waals surface area contributed by atoms with Crippen molar-refractivity contribution in [3.05, 3.63) is 85.7 Å². The van der Waals surface area contributed by atoms with Crippen LogP contribution in [0.4, 0.5) is 5.13 Å². The molecule has 168 valence electrons. The van der Waals surface area contributed by atoms with Crippen LogP contribution in [0.5, 0.6) is 5.75 Å². The Kier molecular flexibility index (Phi) is 5.29. The largest absolute Gasteiger partial charge is 0.494 e. The molecule has 0 fully saturated rings. The van der Waals surface area contributed by atoms with Gasteiger partial charge in [0.25, 0.3) is 5.91 Å². The molecule has 0 saturated heterocycles. The maximum Gasteiger partial charge on any atom is 0.297 e. The lowest BCUT2D eigenvalue weighted by Crippen LogP contribution is -2.29. The molecule has 0 aliphatic carbocycles. The van der Waals surface area contributed by atoms with Crippen molar-refractivity contribution in [3.63, 3.8) is 0 Å². The highest BCUT2D eigenvalue weighted by molar-refractivity contribution is 7.15. The second-order valence-electron chi connectivity index (χ2n) is 8.31. The molecule has 7 heteroatoms. The van der Waals surface area contributed by atoms with Gasteiger partial charge in [0, 0.05) is 4.88 Å². The molecular formula is C26H24N2O4S. The van der Waals surface area contributed by atoms with Crippen LogP contribution in [0.3, 0.4) is 0 Å². The van der Waals surface area contributed by atoms with Crippen LogP contribution >= 0.6 is 11.3 Å². The van der Waals surface area contributed by atoms with Crippen LogP contribution in [0.25, 0.3) is 11.0 Å². The standard InChI is InChI=1S/C26H24N2O4S/c1-5-12-31-18-9-7-17(8-10-18)22-21-23(29)19-13-14(2)6-11-20(19)32-24(21)25(30)28(22)26-27-15(3)16(4)33-26/h6-11,13,22H,5,12H2,1-4H3/t22-/m0/s1. The maximum absolute atomic E-state index is 13.7. The molecule has 1 aliphatic heterocycles. The predicted molar refractivity (Wildman–Crippen MR) is 130 cm³/mol. The fourth-order valence-corrected chi connectivity index (χ4v) is 5.06. The van der Waals surface area contributed by atoms with Gasteiger partial charge in [-0.15, -0.1) is 11.3 Å². The molecule has 3 heterocycles. The summed E-state index contributed by atoms with van der Waals surface area (Å²) in [4.78, 5) is 34.5. The average Bonchev–Trinajstić information content (AvgIpc) is 3.29. The molecule has 1 amide bonds. The lowest BCUT2D eigenvalue weighted by molar-refractivity contribution is 0.0971. The first kappa shape index (κ1) is 21.4. The Hall–Kier alpha value is -3.45. The number of hydrogen-bond donors (Lipinski definition) is 0. The predicted octanol–water partition coefficient (Wildman–Crippen LogP) is 5.71. The van der Waals surface area contributed by atoms with E-state index in [1.807, 2.05) is 57.2 Å². The maximum atomic E-state index is 13.7. The molecular weight excluding hydrogens is 436 g/mol. The summed E-state index contributed by atoms with van der Waals surface area (Å²) in [6, 6.07) is 12.3. The van der Waals surface area contributed by atoms with E-state index in [4.69, 9.17) is 9.15 Å². The molecule has 1 aliphatic rings. The first-order valence-corrected chi connectivity index (χ1v) is 11.8. The Balaban J connectivity index is 1.72. The Morgan fingerprint density at radius 3 is 2.52 bits per heavy atom. The second kappa shape index (κ2) is 8.15. The summed E-state index contributed by atoms with van der Waals surface area (Å²) >= 11 is 1.44. The highest BCUT2D eigenvalue weighted by Crippen LogP contribution is 2.43. The van der Waals surface area contributed by atoms with Gasteiger partial charge < -0.3 is 9.15 Å². The van der Waals surface area contributed by atoms with Crippen molar-refractivity contribution in [1.82, 2.24) is 4.98 Å². The second-order valence-corrected chi connectivity index (χ2v) is 9.49. The number of hydrogen-bond acceptors (Lipinski definition) is 6. The zero-order valence-electron chi connectivity index (χ0n) is 19.0. The number of benzene rings is 2. The van der Waals surface area contributed by atoms with Gasteiger partial charge in [0.2, 0.25) is 5.76 Å². The van der Waals surface area contributed by atoms with Crippen LogP contribution in [0, 0.1) is 20.8 Å². The monoisotopic (exact) mass is 460 g/mol.